The second-order valence-electron chi connectivity index (χ2n) is 3.72. The summed E-state index contributed by atoms with van der Waals surface area (Å²) < 4.78 is 0. The molecule has 0 aliphatic heterocycles. The van der Waals surface area contributed by atoms with Gasteiger partial charge in [0.05, 0.1) is 6.61 Å². The minimum absolute atomic E-state index is 0.0229. The third-order valence-electron chi connectivity index (χ3n) is 2.03. The van der Waals surface area contributed by atoms with E-state index < -0.39 is 25.8 Å². The average molecular weight is 328 g/mol. The van der Waals surface area contributed by atoms with E-state index >= 15 is 0 Å². The van der Waals surface area contributed by atoms with Gasteiger partial charge in [0.2, 0.25) is 0 Å². The van der Waals surface area contributed by atoms with Gasteiger partial charge in [0.1, 0.15) is 0 Å². The van der Waals surface area contributed by atoms with Crippen molar-refractivity contribution in [1.82, 2.24) is 0 Å². The van der Waals surface area contributed by atoms with Gasteiger partial charge in [0.15, 0.2) is 0 Å². The van der Waals surface area contributed by atoms with Crippen molar-refractivity contribution in [3.63, 3.8) is 0 Å². The lowest BCUT2D eigenvalue weighted by atomic mass is 10.5. The molecule has 0 aromatic carbocycles. The van der Waals surface area contributed by atoms with Gasteiger partial charge < -0.3 is 20.4 Å². The topological polar surface area (TPSA) is 132 Å². The maximum Gasteiger partial charge on any atom is 0.303 e. The molecular formula is C11H21O7PS. The molecule has 0 atom stereocenters. The zero-order valence-corrected chi connectivity index (χ0v) is 12.9. The number of rotatable bonds is 10. The molecular weight excluding hydrogens is 307 g/mol. The molecule has 0 radical (unpaired) electrons. The van der Waals surface area contributed by atoms with Crippen molar-refractivity contribution < 1.29 is 34.8 Å². The summed E-state index contributed by atoms with van der Waals surface area (Å²) in [6.45, 7) is 0.184. The molecule has 4 N–H and O–H groups in total. The van der Waals surface area contributed by atoms with E-state index in [1.807, 2.05) is 0 Å². The number of hydrogen-bond acceptors (Lipinski definition) is 5. The Hall–Kier alpha value is -0.850. The molecule has 0 unspecified atom stereocenters. The third kappa shape index (κ3) is 19.5. The monoisotopic (exact) mass is 328 g/mol. The Morgan fingerprint density at radius 1 is 0.800 bits per heavy atom. The summed E-state index contributed by atoms with van der Waals surface area (Å²) in [6.07, 6.45) is 1.11. The van der Waals surface area contributed by atoms with Gasteiger partial charge in [-0.25, -0.2) is 0 Å². The summed E-state index contributed by atoms with van der Waals surface area (Å²) in [7, 11) is -0.801. The fourth-order valence-electron chi connectivity index (χ4n) is 1.10. The van der Waals surface area contributed by atoms with Crippen LogP contribution in [0.25, 0.3) is 0 Å². The highest BCUT2D eigenvalue weighted by Gasteiger charge is 2.13. The zero-order valence-electron chi connectivity index (χ0n) is 11.1. The van der Waals surface area contributed by atoms with E-state index in [0.29, 0.717) is 24.2 Å². The van der Waals surface area contributed by atoms with E-state index in [-0.39, 0.29) is 25.9 Å². The van der Waals surface area contributed by atoms with E-state index in [1.54, 1.807) is 0 Å². The minimum atomic E-state index is -0.932. The normalized spacial score (nSPS) is 9.75. The standard InChI is InChI=1S/C9H15O6P.C2H6OS/c10-7(11)1-4-16(5-2-8(12)13)6-3-9(14)15;3-1-2-4/h1-6H2,(H,10,11)(H,12,13)(H,14,15);3-4H,1-2H2. The highest BCUT2D eigenvalue weighted by molar-refractivity contribution is 7.80. The number of thiol groups is 1. The molecule has 0 saturated heterocycles. The van der Waals surface area contributed by atoms with E-state index in [4.69, 9.17) is 20.4 Å². The molecule has 118 valence electrons. The molecule has 0 amide bonds. The maximum absolute atomic E-state index is 10.4. The second-order valence-corrected chi connectivity index (χ2v) is 6.85. The molecule has 0 heterocycles. The van der Waals surface area contributed by atoms with E-state index in [9.17, 15) is 14.4 Å². The van der Waals surface area contributed by atoms with Crippen LogP contribution >= 0.6 is 20.6 Å². The van der Waals surface area contributed by atoms with Crippen LogP contribution in [0, 0.1) is 0 Å². The second kappa shape index (κ2) is 14.6. The molecule has 9 heteroatoms. The molecule has 0 spiro atoms. The molecule has 0 aromatic heterocycles. The number of aliphatic hydroxyl groups excluding tert-OH is 1. The van der Waals surface area contributed by atoms with Crippen LogP contribution in [0.15, 0.2) is 0 Å². The number of carbonyl (C=O) groups is 3. The number of carboxylic acids is 3. The van der Waals surface area contributed by atoms with Crippen LogP contribution in [-0.2, 0) is 14.4 Å². The van der Waals surface area contributed by atoms with Gasteiger partial charge >= 0.3 is 17.9 Å². The van der Waals surface area contributed by atoms with Crippen LogP contribution in [0.1, 0.15) is 19.3 Å². The molecule has 7 nitrogen and oxygen atoms in total. The minimum Gasteiger partial charge on any atom is -0.481 e. The van der Waals surface area contributed by atoms with Crippen molar-refractivity contribution in [1.29, 1.82) is 0 Å². The van der Waals surface area contributed by atoms with Crippen LogP contribution in [0.4, 0.5) is 0 Å². The summed E-state index contributed by atoms with van der Waals surface area (Å²) >= 11 is 3.67. The highest BCUT2D eigenvalue weighted by atomic mass is 32.1. The van der Waals surface area contributed by atoms with Crippen molar-refractivity contribution in [3.8, 4) is 0 Å². The van der Waals surface area contributed by atoms with Crippen molar-refractivity contribution in [3.05, 3.63) is 0 Å². The molecule has 0 aliphatic carbocycles. The van der Waals surface area contributed by atoms with Crippen LogP contribution in [0.2, 0.25) is 0 Å². The molecule has 0 saturated carbocycles. The lowest BCUT2D eigenvalue weighted by Gasteiger charge is -2.14. The van der Waals surface area contributed by atoms with Gasteiger partial charge in [-0.2, -0.15) is 12.6 Å². The van der Waals surface area contributed by atoms with Crippen molar-refractivity contribution in [2.75, 3.05) is 30.8 Å². The summed E-state index contributed by atoms with van der Waals surface area (Å²) in [4.78, 5) is 31.1. The van der Waals surface area contributed by atoms with Gasteiger partial charge in [0, 0.05) is 25.0 Å². The summed E-state index contributed by atoms with van der Waals surface area (Å²) in [5.41, 5.74) is 0. The lowest BCUT2D eigenvalue weighted by molar-refractivity contribution is -0.137. The van der Waals surface area contributed by atoms with Gasteiger partial charge in [-0.3, -0.25) is 14.4 Å². The fourth-order valence-corrected chi connectivity index (χ4v) is 3.29. The number of carboxylic acid groups (broad SMARTS) is 3. The first-order valence-corrected chi connectivity index (χ1v) is 8.45. The maximum atomic E-state index is 10.4. The van der Waals surface area contributed by atoms with Crippen LogP contribution in [0.3, 0.4) is 0 Å². The predicted molar refractivity (Wildman–Crippen MR) is 79.2 cm³/mol. The van der Waals surface area contributed by atoms with Gasteiger partial charge in [-0.1, -0.05) is 0 Å². The number of aliphatic hydroxyl groups is 1. The quantitative estimate of drug-likeness (QED) is 0.296. The van der Waals surface area contributed by atoms with Crippen LogP contribution in [-0.4, -0.2) is 69.2 Å². The zero-order chi connectivity index (χ0) is 16.0. The fraction of sp³-hybridized carbons (Fsp3) is 0.727. The Balaban J connectivity index is 0. The molecule has 20 heavy (non-hydrogen) atoms. The van der Waals surface area contributed by atoms with Crippen LogP contribution in [0.5, 0.6) is 0 Å². The summed E-state index contributed by atoms with van der Waals surface area (Å²) in [5.74, 6) is -2.23. The third-order valence-corrected chi connectivity index (χ3v) is 4.79. The molecule has 0 aromatic rings. The van der Waals surface area contributed by atoms with Crippen molar-refractivity contribution in [2.24, 2.45) is 0 Å². The summed E-state index contributed by atoms with van der Waals surface area (Å²) in [6, 6.07) is 0. The predicted octanol–water partition coefficient (Wildman–Crippen LogP) is 0.801. The Labute approximate surface area is 124 Å². The number of aliphatic carboxylic acids is 3. The highest BCUT2D eigenvalue weighted by Crippen LogP contribution is 2.37. The first-order chi connectivity index (χ1) is 9.33. The average Bonchev–Trinajstić information content (AvgIpc) is 2.37. The lowest BCUT2D eigenvalue weighted by Crippen LogP contribution is -2.07. The smallest absolute Gasteiger partial charge is 0.303 e. The molecule has 0 rings (SSSR count). The van der Waals surface area contributed by atoms with Crippen molar-refractivity contribution in [2.45, 2.75) is 19.3 Å². The Bertz CT molecular complexity index is 254. The van der Waals surface area contributed by atoms with Crippen LogP contribution < -0.4 is 0 Å². The SMILES string of the molecule is O=C(O)CCP(CCC(=O)O)CCC(=O)O.OCCS. The van der Waals surface area contributed by atoms with Gasteiger partial charge in [-0.05, 0) is 18.5 Å². The Kier molecular flexibility index (Phi) is 15.6. The van der Waals surface area contributed by atoms with E-state index in [1.165, 1.54) is 0 Å². The Morgan fingerprint density at radius 2 is 1.05 bits per heavy atom. The number of hydrogen-bond donors (Lipinski definition) is 5. The first-order valence-electron chi connectivity index (χ1n) is 5.92. The molecule has 0 bridgehead atoms. The molecule has 0 aliphatic rings. The van der Waals surface area contributed by atoms with E-state index in [2.05, 4.69) is 12.6 Å². The van der Waals surface area contributed by atoms with E-state index in [0.717, 1.165) is 0 Å². The first kappa shape index (κ1) is 21.4. The Morgan fingerprint density at radius 3 is 1.20 bits per heavy atom. The van der Waals surface area contributed by atoms with Gasteiger partial charge in [0.25, 0.3) is 0 Å². The largest absolute Gasteiger partial charge is 0.481 e. The van der Waals surface area contributed by atoms with Gasteiger partial charge in [-0.15, -0.1) is 7.92 Å². The van der Waals surface area contributed by atoms with Crippen molar-refractivity contribution >= 4 is 38.5 Å². The molecule has 0 fully saturated rings. The summed E-state index contributed by atoms with van der Waals surface area (Å²) in [5, 5.41) is 33.3.